The molecule has 27 heavy (non-hydrogen) atoms. The number of ether oxygens (including phenoxy) is 1. The van der Waals surface area contributed by atoms with Crippen molar-refractivity contribution in [3.8, 4) is 0 Å². The van der Waals surface area contributed by atoms with Crippen molar-refractivity contribution in [1.29, 1.82) is 0 Å². The molecule has 2 amide bonds. The van der Waals surface area contributed by atoms with E-state index in [1.165, 1.54) is 0 Å². The number of piperidine rings is 1. The minimum Gasteiger partial charge on any atom is -0.361 e. The topological polar surface area (TPSA) is 93.7 Å². The normalized spacial score (nSPS) is 21.1. The van der Waals surface area contributed by atoms with Crippen LogP contribution < -0.4 is 0 Å². The monoisotopic (exact) mass is 373 g/mol. The van der Waals surface area contributed by atoms with Gasteiger partial charge in [0.05, 0.1) is 6.54 Å². The van der Waals surface area contributed by atoms with Crippen LogP contribution in [0.15, 0.2) is 23.0 Å². The maximum atomic E-state index is 12.6. The zero-order valence-corrected chi connectivity index (χ0v) is 15.7. The van der Waals surface area contributed by atoms with Crippen molar-refractivity contribution in [1.82, 2.24) is 24.5 Å². The van der Waals surface area contributed by atoms with Crippen LogP contribution >= 0.6 is 0 Å². The summed E-state index contributed by atoms with van der Waals surface area (Å²) in [4.78, 5) is 32.9. The molecule has 1 spiro atoms. The number of hydrogen-bond acceptors (Lipinski definition) is 6. The van der Waals surface area contributed by atoms with E-state index in [9.17, 15) is 9.59 Å². The Morgan fingerprint density at radius 3 is 2.67 bits per heavy atom. The third-order valence-corrected chi connectivity index (χ3v) is 5.27. The molecule has 2 aliphatic rings. The summed E-state index contributed by atoms with van der Waals surface area (Å²) in [5, 5.41) is 3.81. The maximum absolute atomic E-state index is 12.6. The van der Waals surface area contributed by atoms with Crippen LogP contribution in [0.25, 0.3) is 0 Å². The number of imidazole rings is 1. The van der Waals surface area contributed by atoms with Gasteiger partial charge < -0.3 is 23.6 Å². The largest absolute Gasteiger partial charge is 0.361 e. The SMILES string of the molecule is Cc1cc(C(=O)N2CCC3(CC2)O[C@H](C(=O)N(C)C)Cn2ccnc23)no1. The van der Waals surface area contributed by atoms with Crippen molar-refractivity contribution in [2.45, 2.75) is 38.0 Å². The van der Waals surface area contributed by atoms with Gasteiger partial charge in [-0.3, -0.25) is 9.59 Å². The third kappa shape index (κ3) is 3.01. The highest BCUT2D eigenvalue weighted by Crippen LogP contribution is 2.40. The highest BCUT2D eigenvalue weighted by molar-refractivity contribution is 5.92. The number of likely N-dealkylation sites (tertiary alicyclic amines) is 1. The maximum Gasteiger partial charge on any atom is 0.276 e. The number of rotatable bonds is 2. The molecule has 0 saturated carbocycles. The molecule has 2 aromatic rings. The average molecular weight is 373 g/mol. The Kier molecular flexibility index (Phi) is 4.26. The number of hydrogen-bond donors (Lipinski definition) is 0. The first-order valence-electron chi connectivity index (χ1n) is 9.03. The number of nitrogens with zero attached hydrogens (tertiary/aromatic N) is 5. The van der Waals surface area contributed by atoms with Gasteiger partial charge in [-0.2, -0.15) is 0 Å². The molecule has 1 fully saturated rings. The molecular formula is C18H23N5O4. The summed E-state index contributed by atoms with van der Waals surface area (Å²) in [5.74, 6) is 1.22. The Morgan fingerprint density at radius 1 is 1.30 bits per heavy atom. The van der Waals surface area contributed by atoms with Gasteiger partial charge in [0.15, 0.2) is 11.8 Å². The molecule has 9 heteroatoms. The smallest absolute Gasteiger partial charge is 0.276 e. The van der Waals surface area contributed by atoms with Crippen molar-refractivity contribution in [3.05, 3.63) is 35.7 Å². The van der Waals surface area contributed by atoms with Gasteiger partial charge in [0.2, 0.25) is 0 Å². The molecule has 0 aliphatic carbocycles. The predicted octanol–water partition coefficient (Wildman–Crippen LogP) is 0.798. The van der Waals surface area contributed by atoms with Gasteiger partial charge in [-0.25, -0.2) is 4.98 Å². The fraction of sp³-hybridized carbons (Fsp3) is 0.556. The number of aromatic nitrogens is 3. The standard InChI is InChI=1S/C18H23N5O4/c1-12-10-13(20-27-12)15(24)22-7-4-18(5-8-22)17-19-6-9-23(17)11-14(26-18)16(25)21(2)3/h6,9-10,14H,4-5,7-8,11H2,1-3H3/t14-/m0/s1. The summed E-state index contributed by atoms with van der Waals surface area (Å²) in [6.07, 6.45) is 4.21. The highest BCUT2D eigenvalue weighted by Gasteiger charge is 2.48. The van der Waals surface area contributed by atoms with E-state index in [1.807, 2.05) is 10.8 Å². The summed E-state index contributed by atoms with van der Waals surface area (Å²) in [6.45, 7) is 3.21. The highest BCUT2D eigenvalue weighted by atomic mass is 16.5. The van der Waals surface area contributed by atoms with E-state index < -0.39 is 11.7 Å². The Balaban J connectivity index is 1.54. The van der Waals surface area contributed by atoms with Crippen molar-refractivity contribution in [3.63, 3.8) is 0 Å². The molecule has 2 aromatic heterocycles. The molecule has 0 unspecified atom stereocenters. The van der Waals surface area contributed by atoms with E-state index in [2.05, 4.69) is 10.1 Å². The van der Waals surface area contributed by atoms with E-state index in [1.54, 1.807) is 43.1 Å². The minimum atomic E-state index is -0.658. The van der Waals surface area contributed by atoms with Crippen LogP contribution in [0.1, 0.15) is 34.9 Å². The van der Waals surface area contributed by atoms with Crippen molar-refractivity contribution >= 4 is 11.8 Å². The molecule has 0 bridgehead atoms. The van der Waals surface area contributed by atoms with E-state index in [4.69, 9.17) is 9.26 Å². The summed E-state index contributed by atoms with van der Waals surface area (Å²) in [5.41, 5.74) is -0.343. The van der Waals surface area contributed by atoms with Crippen LogP contribution in [0.5, 0.6) is 0 Å². The lowest BCUT2D eigenvalue weighted by atomic mass is 9.88. The summed E-state index contributed by atoms with van der Waals surface area (Å²) in [7, 11) is 3.45. The van der Waals surface area contributed by atoms with Gasteiger partial charge in [0.25, 0.3) is 11.8 Å². The molecule has 1 saturated heterocycles. The molecule has 0 N–H and O–H groups in total. The molecular weight excluding hydrogens is 350 g/mol. The molecule has 1 atom stereocenters. The lowest BCUT2D eigenvalue weighted by molar-refractivity contribution is -0.178. The predicted molar refractivity (Wildman–Crippen MR) is 93.8 cm³/mol. The first-order chi connectivity index (χ1) is 12.9. The second kappa shape index (κ2) is 6.49. The summed E-state index contributed by atoms with van der Waals surface area (Å²) in [6, 6.07) is 1.64. The van der Waals surface area contributed by atoms with Gasteiger partial charge >= 0.3 is 0 Å². The molecule has 4 rings (SSSR count). The van der Waals surface area contributed by atoms with E-state index >= 15 is 0 Å². The first kappa shape index (κ1) is 17.7. The zero-order valence-electron chi connectivity index (χ0n) is 15.7. The number of fused-ring (bicyclic) bond motifs is 2. The van der Waals surface area contributed by atoms with Crippen LogP contribution in [0.3, 0.4) is 0 Å². The fourth-order valence-electron chi connectivity index (χ4n) is 3.85. The van der Waals surface area contributed by atoms with E-state index in [0.717, 1.165) is 5.82 Å². The van der Waals surface area contributed by atoms with Gasteiger partial charge in [0.1, 0.15) is 17.2 Å². The Labute approximate surface area is 156 Å². The number of carbonyl (C=O) groups is 2. The summed E-state index contributed by atoms with van der Waals surface area (Å²) < 4.78 is 13.3. The van der Waals surface area contributed by atoms with Crippen LogP contribution in [-0.2, 0) is 21.7 Å². The molecule has 144 valence electrons. The quantitative estimate of drug-likeness (QED) is 0.773. The Bertz CT molecular complexity index is 863. The molecule has 0 radical (unpaired) electrons. The number of carbonyl (C=O) groups excluding carboxylic acids is 2. The minimum absolute atomic E-state index is 0.0645. The van der Waals surface area contributed by atoms with Crippen molar-refractivity contribution in [2.75, 3.05) is 27.2 Å². The average Bonchev–Trinajstić information content (AvgIpc) is 3.30. The second-order valence-corrected chi connectivity index (χ2v) is 7.35. The van der Waals surface area contributed by atoms with E-state index in [0.29, 0.717) is 43.9 Å². The van der Waals surface area contributed by atoms with Crippen molar-refractivity contribution in [2.24, 2.45) is 0 Å². The summed E-state index contributed by atoms with van der Waals surface area (Å²) >= 11 is 0. The van der Waals surface area contributed by atoms with Gasteiger partial charge in [-0.05, 0) is 6.92 Å². The second-order valence-electron chi connectivity index (χ2n) is 7.35. The molecule has 4 heterocycles. The Morgan fingerprint density at radius 2 is 2.04 bits per heavy atom. The van der Waals surface area contributed by atoms with Crippen molar-refractivity contribution < 1.29 is 18.8 Å². The first-order valence-corrected chi connectivity index (χ1v) is 9.03. The third-order valence-electron chi connectivity index (χ3n) is 5.27. The molecule has 9 nitrogen and oxygen atoms in total. The lowest BCUT2D eigenvalue weighted by Crippen LogP contribution is -2.54. The number of amides is 2. The van der Waals surface area contributed by atoms with Gasteiger partial charge in [-0.1, -0.05) is 5.16 Å². The zero-order chi connectivity index (χ0) is 19.2. The number of likely N-dealkylation sites (N-methyl/N-ethyl adjacent to an activating group) is 1. The van der Waals surface area contributed by atoms with Crippen LogP contribution in [0.4, 0.5) is 0 Å². The number of aryl methyl sites for hydroxylation is 1. The van der Waals surface area contributed by atoms with Crippen LogP contribution in [0, 0.1) is 6.92 Å². The Hall–Kier alpha value is -2.68. The van der Waals surface area contributed by atoms with Gasteiger partial charge in [0, 0.05) is 58.5 Å². The van der Waals surface area contributed by atoms with Crippen LogP contribution in [0.2, 0.25) is 0 Å². The molecule has 0 aromatic carbocycles. The lowest BCUT2D eigenvalue weighted by Gasteiger charge is -2.45. The van der Waals surface area contributed by atoms with Crippen LogP contribution in [-0.4, -0.2) is 69.6 Å². The van der Waals surface area contributed by atoms with E-state index in [-0.39, 0.29) is 11.8 Å². The van der Waals surface area contributed by atoms with Gasteiger partial charge in [-0.15, -0.1) is 0 Å². The molecule has 2 aliphatic heterocycles. The fourth-order valence-corrected chi connectivity index (χ4v) is 3.85.